The Morgan fingerprint density at radius 3 is 2.86 bits per heavy atom. The maximum absolute atomic E-state index is 6.00. The molecule has 3 rings (SSSR count). The number of hydrogen-bond donors (Lipinski definition) is 1. The van der Waals surface area contributed by atoms with E-state index >= 15 is 0 Å². The van der Waals surface area contributed by atoms with Crippen LogP contribution in [0.5, 0.6) is 5.75 Å². The first-order valence-corrected chi connectivity index (χ1v) is 8.23. The lowest BCUT2D eigenvalue weighted by Gasteiger charge is -2.16. The van der Waals surface area contributed by atoms with E-state index < -0.39 is 0 Å². The second-order valence-corrected chi connectivity index (χ2v) is 6.47. The SMILES string of the molecule is C[C@H]1CNCCc2cc(OCc3ccccc3)c(Br)cc21. The largest absolute Gasteiger partial charge is 0.488 e. The Kier molecular flexibility index (Phi) is 4.61. The van der Waals surface area contributed by atoms with Gasteiger partial charge in [0.1, 0.15) is 12.4 Å². The molecule has 0 aromatic heterocycles. The Bertz CT molecular complexity index is 612. The Balaban J connectivity index is 1.81. The molecule has 1 atom stereocenters. The normalized spacial score (nSPS) is 17.9. The monoisotopic (exact) mass is 345 g/mol. The van der Waals surface area contributed by atoms with Gasteiger partial charge in [0.25, 0.3) is 0 Å². The van der Waals surface area contributed by atoms with Gasteiger partial charge < -0.3 is 10.1 Å². The van der Waals surface area contributed by atoms with E-state index in [1.807, 2.05) is 18.2 Å². The van der Waals surface area contributed by atoms with Gasteiger partial charge in [0, 0.05) is 6.54 Å². The average Bonchev–Trinajstić information content (AvgIpc) is 2.68. The van der Waals surface area contributed by atoms with E-state index in [9.17, 15) is 0 Å². The summed E-state index contributed by atoms with van der Waals surface area (Å²) in [6.07, 6.45) is 1.06. The number of halogens is 1. The maximum atomic E-state index is 6.00. The Morgan fingerprint density at radius 1 is 1.24 bits per heavy atom. The smallest absolute Gasteiger partial charge is 0.134 e. The van der Waals surface area contributed by atoms with Crippen LogP contribution >= 0.6 is 15.9 Å². The first-order chi connectivity index (χ1) is 10.2. The molecular formula is C18H20BrNO. The van der Waals surface area contributed by atoms with Crippen molar-refractivity contribution >= 4 is 15.9 Å². The summed E-state index contributed by atoms with van der Waals surface area (Å²) in [6.45, 7) is 4.96. The fraction of sp³-hybridized carbons (Fsp3) is 0.333. The number of hydrogen-bond acceptors (Lipinski definition) is 2. The molecule has 2 aromatic rings. The molecule has 0 aliphatic carbocycles. The van der Waals surface area contributed by atoms with Crippen LogP contribution in [0.15, 0.2) is 46.9 Å². The zero-order chi connectivity index (χ0) is 14.7. The number of ether oxygens (including phenoxy) is 1. The van der Waals surface area contributed by atoms with Crippen LogP contribution in [0.25, 0.3) is 0 Å². The van der Waals surface area contributed by atoms with Gasteiger partial charge in [-0.3, -0.25) is 0 Å². The van der Waals surface area contributed by atoms with Crippen LogP contribution in [0.1, 0.15) is 29.5 Å². The molecule has 1 aliphatic heterocycles. The number of nitrogens with one attached hydrogen (secondary N) is 1. The molecule has 2 nitrogen and oxygen atoms in total. The fourth-order valence-corrected chi connectivity index (χ4v) is 3.26. The first-order valence-electron chi connectivity index (χ1n) is 7.44. The van der Waals surface area contributed by atoms with Gasteiger partial charge in [0.15, 0.2) is 0 Å². The minimum absolute atomic E-state index is 0.543. The van der Waals surface area contributed by atoms with E-state index in [1.54, 1.807) is 0 Å². The van der Waals surface area contributed by atoms with Crippen molar-refractivity contribution in [3.05, 3.63) is 63.6 Å². The minimum atomic E-state index is 0.543. The highest BCUT2D eigenvalue weighted by atomic mass is 79.9. The van der Waals surface area contributed by atoms with Gasteiger partial charge in [0.2, 0.25) is 0 Å². The highest BCUT2D eigenvalue weighted by Crippen LogP contribution is 2.33. The zero-order valence-electron chi connectivity index (χ0n) is 12.2. The molecule has 1 heterocycles. The summed E-state index contributed by atoms with van der Waals surface area (Å²) < 4.78 is 7.04. The van der Waals surface area contributed by atoms with E-state index in [-0.39, 0.29) is 0 Å². The van der Waals surface area contributed by atoms with Crippen molar-refractivity contribution in [1.82, 2.24) is 5.32 Å². The summed E-state index contributed by atoms with van der Waals surface area (Å²) in [4.78, 5) is 0. The van der Waals surface area contributed by atoms with Crippen LogP contribution in [0, 0.1) is 0 Å². The van der Waals surface area contributed by atoms with Crippen LogP contribution in [0.2, 0.25) is 0 Å². The lowest BCUT2D eigenvalue weighted by molar-refractivity contribution is 0.304. The van der Waals surface area contributed by atoms with Crippen LogP contribution in [0.4, 0.5) is 0 Å². The van der Waals surface area contributed by atoms with Crippen LogP contribution in [-0.4, -0.2) is 13.1 Å². The van der Waals surface area contributed by atoms with E-state index in [1.165, 1.54) is 16.7 Å². The lowest BCUT2D eigenvalue weighted by atomic mass is 9.95. The van der Waals surface area contributed by atoms with Crippen LogP contribution < -0.4 is 10.1 Å². The predicted molar refractivity (Wildman–Crippen MR) is 89.9 cm³/mol. The molecule has 2 aromatic carbocycles. The molecule has 0 bridgehead atoms. The summed E-state index contributed by atoms with van der Waals surface area (Å²) in [5, 5.41) is 3.48. The number of benzene rings is 2. The molecule has 0 saturated heterocycles. The van der Waals surface area contributed by atoms with Gasteiger partial charge in [-0.1, -0.05) is 37.3 Å². The topological polar surface area (TPSA) is 21.3 Å². The molecule has 21 heavy (non-hydrogen) atoms. The van der Waals surface area contributed by atoms with Crippen LogP contribution in [-0.2, 0) is 13.0 Å². The van der Waals surface area contributed by atoms with Gasteiger partial charge in [-0.25, -0.2) is 0 Å². The average molecular weight is 346 g/mol. The predicted octanol–water partition coefficient (Wildman–Crippen LogP) is 4.28. The molecule has 110 valence electrons. The van der Waals surface area contributed by atoms with Gasteiger partial charge in [-0.05, 0) is 63.6 Å². The second-order valence-electron chi connectivity index (χ2n) is 5.61. The van der Waals surface area contributed by atoms with Crippen molar-refractivity contribution in [2.45, 2.75) is 25.9 Å². The number of fused-ring (bicyclic) bond motifs is 1. The number of rotatable bonds is 3. The molecule has 0 unspecified atom stereocenters. The molecule has 1 N–H and O–H groups in total. The highest BCUT2D eigenvalue weighted by Gasteiger charge is 2.17. The molecule has 0 amide bonds. The Morgan fingerprint density at radius 2 is 2.05 bits per heavy atom. The van der Waals surface area contributed by atoms with Crippen molar-refractivity contribution in [2.24, 2.45) is 0 Å². The standard InChI is InChI=1S/C18H20BrNO/c1-13-11-20-8-7-15-9-18(17(19)10-16(13)15)21-12-14-5-3-2-4-6-14/h2-6,9-10,13,20H,7-8,11-12H2,1H3/t13-/m0/s1. The molecule has 1 aliphatic rings. The Labute approximate surface area is 134 Å². The lowest BCUT2D eigenvalue weighted by Crippen LogP contribution is -2.18. The summed E-state index contributed by atoms with van der Waals surface area (Å²) in [5.74, 6) is 1.48. The van der Waals surface area contributed by atoms with E-state index in [4.69, 9.17) is 4.74 Å². The van der Waals surface area contributed by atoms with E-state index in [2.05, 4.69) is 52.4 Å². The van der Waals surface area contributed by atoms with E-state index in [0.717, 1.165) is 29.7 Å². The third-order valence-corrected chi connectivity index (χ3v) is 4.60. The summed E-state index contributed by atoms with van der Waals surface area (Å²) in [5.41, 5.74) is 4.02. The maximum Gasteiger partial charge on any atom is 0.134 e. The second kappa shape index (κ2) is 6.63. The van der Waals surface area contributed by atoms with Gasteiger partial charge >= 0.3 is 0 Å². The fourth-order valence-electron chi connectivity index (χ4n) is 2.78. The molecule has 0 fully saturated rings. The quantitative estimate of drug-likeness (QED) is 0.896. The van der Waals surface area contributed by atoms with Gasteiger partial charge in [-0.15, -0.1) is 0 Å². The zero-order valence-corrected chi connectivity index (χ0v) is 13.8. The first kappa shape index (κ1) is 14.6. The molecule has 0 saturated carbocycles. The summed E-state index contributed by atoms with van der Waals surface area (Å²) in [6, 6.07) is 14.7. The summed E-state index contributed by atoms with van der Waals surface area (Å²) >= 11 is 3.66. The van der Waals surface area contributed by atoms with Crippen molar-refractivity contribution in [1.29, 1.82) is 0 Å². The Hall–Kier alpha value is -1.32. The van der Waals surface area contributed by atoms with Crippen molar-refractivity contribution in [3.63, 3.8) is 0 Å². The molecule has 0 spiro atoms. The molecule has 0 radical (unpaired) electrons. The minimum Gasteiger partial charge on any atom is -0.488 e. The highest BCUT2D eigenvalue weighted by molar-refractivity contribution is 9.10. The van der Waals surface area contributed by atoms with Crippen molar-refractivity contribution in [3.8, 4) is 5.75 Å². The third kappa shape index (κ3) is 3.47. The van der Waals surface area contributed by atoms with Gasteiger partial charge in [0.05, 0.1) is 4.47 Å². The molecule has 3 heteroatoms. The third-order valence-electron chi connectivity index (χ3n) is 3.98. The van der Waals surface area contributed by atoms with Crippen molar-refractivity contribution in [2.75, 3.05) is 13.1 Å². The van der Waals surface area contributed by atoms with Crippen molar-refractivity contribution < 1.29 is 4.74 Å². The summed E-state index contributed by atoms with van der Waals surface area (Å²) in [7, 11) is 0. The van der Waals surface area contributed by atoms with Gasteiger partial charge in [-0.2, -0.15) is 0 Å². The van der Waals surface area contributed by atoms with Crippen LogP contribution in [0.3, 0.4) is 0 Å². The van der Waals surface area contributed by atoms with E-state index in [0.29, 0.717) is 12.5 Å². The molecular weight excluding hydrogens is 326 g/mol.